The number of benzene rings is 9. The maximum atomic E-state index is 4.69. The molecule has 0 radical (unpaired) electrons. The molecule has 12 rings (SSSR count). The van der Waals surface area contributed by atoms with Crippen molar-refractivity contribution in [1.82, 2.24) is 4.98 Å². The molecule has 0 saturated heterocycles. The molecule has 12 aromatic rings. The quantitative estimate of drug-likeness (QED) is 0.174. The Labute approximate surface area is 337 Å². The van der Waals surface area contributed by atoms with Gasteiger partial charge < -0.3 is 4.90 Å². The highest BCUT2D eigenvalue weighted by Crippen LogP contribution is 2.44. The maximum Gasteiger partial charge on any atom is 0.0702 e. The average molecular weight is 761 g/mol. The van der Waals surface area contributed by atoms with Crippen molar-refractivity contribution in [2.75, 3.05) is 4.90 Å². The minimum atomic E-state index is 1.02. The van der Waals surface area contributed by atoms with Gasteiger partial charge >= 0.3 is 0 Å². The van der Waals surface area contributed by atoms with Gasteiger partial charge in [-0.15, -0.1) is 22.7 Å². The topological polar surface area (TPSA) is 16.1 Å². The van der Waals surface area contributed by atoms with E-state index in [-0.39, 0.29) is 0 Å². The fourth-order valence-electron chi connectivity index (χ4n) is 8.61. The van der Waals surface area contributed by atoms with E-state index in [4.69, 9.17) is 0 Å². The molecule has 3 aromatic heterocycles. The van der Waals surface area contributed by atoms with Gasteiger partial charge in [0.05, 0.1) is 5.52 Å². The second-order valence-electron chi connectivity index (χ2n) is 14.8. The summed E-state index contributed by atoms with van der Waals surface area (Å²) in [5.41, 5.74) is 9.03. The normalized spacial score (nSPS) is 11.9. The fourth-order valence-corrected chi connectivity index (χ4v) is 11.1. The number of nitrogens with zero attached hydrogens (tertiary/aromatic N) is 2. The van der Waals surface area contributed by atoms with Gasteiger partial charge in [0.25, 0.3) is 0 Å². The predicted molar refractivity (Wildman–Crippen MR) is 248 cm³/mol. The highest BCUT2D eigenvalue weighted by atomic mass is 32.1. The summed E-state index contributed by atoms with van der Waals surface area (Å²) in [6.07, 6.45) is 1.97. The van der Waals surface area contributed by atoms with E-state index < -0.39 is 0 Å². The van der Waals surface area contributed by atoms with E-state index in [0.29, 0.717) is 0 Å². The number of aromatic nitrogens is 1. The molecule has 0 atom stereocenters. The summed E-state index contributed by atoms with van der Waals surface area (Å²) in [7, 11) is 0. The Kier molecular flexibility index (Phi) is 7.31. The number of para-hydroxylation sites is 1. The largest absolute Gasteiger partial charge is 0.310 e. The third kappa shape index (κ3) is 5.33. The molecule has 0 aliphatic heterocycles. The molecule has 0 unspecified atom stereocenters. The van der Waals surface area contributed by atoms with Crippen LogP contribution in [0.3, 0.4) is 0 Å². The van der Waals surface area contributed by atoms with E-state index in [2.05, 4.69) is 192 Å². The van der Waals surface area contributed by atoms with Crippen molar-refractivity contribution < 1.29 is 0 Å². The van der Waals surface area contributed by atoms with Crippen molar-refractivity contribution in [3.05, 3.63) is 194 Å². The lowest BCUT2D eigenvalue weighted by Gasteiger charge is -2.26. The van der Waals surface area contributed by atoms with E-state index in [1.54, 1.807) is 0 Å². The second kappa shape index (κ2) is 12.9. The van der Waals surface area contributed by atoms with Crippen LogP contribution in [0.15, 0.2) is 194 Å². The molecule has 0 aliphatic rings. The van der Waals surface area contributed by atoms with Crippen molar-refractivity contribution in [2.24, 2.45) is 0 Å². The first-order chi connectivity index (χ1) is 28.2. The number of hydrogen-bond acceptors (Lipinski definition) is 4. The highest BCUT2D eigenvalue weighted by molar-refractivity contribution is 7.27. The fraction of sp³-hybridized carbons (Fsp3) is 0. The molecule has 3 heterocycles. The van der Waals surface area contributed by atoms with Gasteiger partial charge in [-0.1, -0.05) is 127 Å². The van der Waals surface area contributed by atoms with Gasteiger partial charge in [-0.25, -0.2) is 0 Å². The van der Waals surface area contributed by atoms with E-state index in [9.17, 15) is 0 Å². The molecular formula is C53H32N2S2. The van der Waals surface area contributed by atoms with Gasteiger partial charge in [0, 0.05) is 74.6 Å². The van der Waals surface area contributed by atoms with E-state index in [1.165, 1.54) is 73.0 Å². The lowest BCUT2D eigenvalue weighted by atomic mass is 10.00. The lowest BCUT2D eigenvalue weighted by molar-refractivity contribution is 1.29. The molecule has 0 aliphatic carbocycles. The second-order valence-corrected chi connectivity index (χ2v) is 16.9. The summed E-state index contributed by atoms with van der Waals surface area (Å²) in [6.45, 7) is 0. The Morgan fingerprint density at radius 2 is 0.807 bits per heavy atom. The first-order valence-corrected chi connectivity index (χ1v) is 20.9. The predicted octanol–water partition coefficient (Wildman–Crippen LogP) is 16.1. The first kappa shape index (κ1) is 32.4. The van der Waals surface area contributed by atoms with Crippen molar-refractivity contribution in [3.8, 4) is 22.3 Å². The third-order valence-electron chi connectivity index (χ3n) is 11.5. The van der Waals surface area contributed by atoms with Crippen molar-refractivity contribution in [2.45, 2.75) is 0 Å². The van der Waals surface area contributed by atoms with Crippen LogP contribution in [0.4, 0.5) is 17.1 Å². The molecule has 4 heteroatoms. The Bertz CT molecular complexity index is 3370. The molecule has 57 heavy (non-hydrogen) atoms. The minimum absolute atomic E-state index is 1.02. The Morgan fingerprint density at radius 3 is 1.40 bits per heavy atom. The van der Waals surface area contributed by atoms with Crippen LogP contribution in [-0.2, 0) is 0 Å². The molecule has 266 valence electrons. The average Bonchev–Trinajstić information content (AvgIpc) is 3.86. The van der Waals surface area contributed by atoms with Crippen LogP contribution >= 0.6 is 22.7 Å². The smallest absolute Gasteiger partial charge is 0.0702 e. The molecule has 0 bridgehead atoms. The molecule has 9 aromatic carbocycles. The molecule has 0 fully saturated rings. The SMILES string of the molecule is c1ccc2ncc(-c3ccc(-c4ccc(N(c5ccc6c(ccc7c8ccccc8sc67)c5)c5ccc6c(ccc7c8ccccc8sc67)c5)cc4)cc3)cc2c1. The van der Waals surface area contributed by atoms with Crippen LogP contribution in [0.25, 0.3) is 95.0 Å². The van der Waals surface area contributed by atoms with Crippen LogP contribution in [0.2, 0.25) is 0 Å². The number of fused-ring (bicyclic) bond motifs is 11. The van der Waals surface area contributed by atoms with Gasteiger partial charge in [-0.3, -0.25) is 4.98 Å². The Hall–Kier alpha value is -6.85. The standard InChI is InChI=1S/C53H32N2S2/c1-4-10-49-38(7-1)29-39(32-54-49)35-15-13-33(14-16-35)34-17-21-40(22-18-34)55(41-23-27-43-36(30-41)19-25-47-45-8-2-5-11-50(45)56-52(43)47)42-24-28-44-37(31-42)20-26-48-46-9-3-6-12-51(46)57-53(44)48/h1-32H. The molecule has 0 saturated carbocycles. The monoisotopic (exact) mass is 760 g/mol. The lowest BCUT2D eigenvalue weighted by Crippen LogP contribution is -2.09. The molecule has 0 N–H and O–H groups in total. The summed E-state index contributed by atoms with van der Waals surface area (Å²) in [6, 6.07) is 68.9. The van der Waals surface area contributed by atoms with Crippen LogP contribution in [0, 0.1) is 0 Å². The summed E-state index contributed by atoms with van der Waals surface area (Å²) in [4.78, 5) is 7.09. The Morgan fingerprint density at radius 1 is 0.333 bits per heavy atom. The van der Waals surface area contributed by atoms with Gasteiger partial charge in [0.2, 0.25) is 0 Å². The minimum Gasteiger partial charge on any atom is -0.310 e. The molecule has 0 spiro atoms. The number of pyridine rings is 1. The number of anilines is 3. The Balaban J connectivity index is 0.957. The zero-order chi connectivity index (χ0) is 37.5. The zero-order valence-corrected chi connectivity index (χ0v) is 32.3. The van der Waals surface area contributed by atoms with Crippen LogP contribution in [0.5, 0.6) is 0 Å². The summed E-state index contributed by atoms with van der Waals surface area (Å²) in [5.74, 6) is 0. The summed E-state index contributed by atoms with van der Waals surface area (Å²) in [5, 5.41) is 11.5. The zero-order valence-electron chi connectivity index (χ0n) is 30.7. The van der Waals surface area contributed by atoms with E-state index in [1.807, 2.05) is 34.9 Å². The van der Waals surface area contributed by atoms with E-state index >= 15 is 0 Å². The van der Waals surface area contributed by atoms with Gasteiger partial charge in [0.15, 0.2) is 0 Å². The van der Waals surface area contributed by atoms with Crippen molar-refractivity contribution >= 4 is 113 Å². The number of thiophene rings is 2. The van der Waals surface area contributed by atoms with E-state index in [0.717, 1.165) is 39.1 Å². The number of hydrogen-bond donors (Lipinski definition) is 0. The first-order valence-electron chi connectivity index (χ1n) is 19.3. The van der Waals surface area contributed by atoms with Crippen molar-refractivity contribution in [1.29, 1.82) is 0 Å². The van der Waals surface area contributed by atoms with Crippen LogP contribution in [-0.4, -0.2) is 4.98 Å². The highest BCUT2D eigenvalue weighted by Gasteiger charge is 2.17. The van der Waals surface area contributed by atoms with Gasteiger partial charge in [0.1, 0.15) is 0 Å². The van der Waals surface area contributed by atoms with Crippen LogP contribution in [0.1, 0.15) is 0 Å². The summed E-state index contributed by atoms with van der Waals surface area (Å²) < 4.78 is 5.35. The van der Waals surface area contributed by atoms with Gasteiger partial charge in [-0.05, 0) is 98.9 Å². The third-order valence-corrected chi connectivity index (χ3v) is 13.9. The van der Waals surface area contributed by atoms with Crippen LogP contribution < -0.4 is 4.90 Å². The summed E-state index contributed by atoms with van der Waals surface area (Å²) >= 11 is 3.77. The molecular weight excluding hydrogens is 729 g/mol. The molecule has 2 nitrogen and oxygen atoms in total. The molecule has 0 amide bonds. The van der Waals surface area contributed by atoms with Gasteiger partial charge in [-0.2, -0.15) is 0 Å². The van der Waals surface area contributed by atoms with Crippen molar-refractivity contribution in [3.63, 3.8) is 0 Å². The maximum absolute atomic E-state index is 4.69. The number of rotatable bonds is 5.